The first kappa shape index (κ1) is 23.2. The van der Waals surface area contributed by atoms with Gasteiger partial charge in [-0.15, -0.1) is 0 Å². The van der Waals surface area contributed by atoms with Crippen molar-refractivity contribution in [1.29, 1.82) is 0 Å². The maximum Gasteiger partial charge on any atom is 0.227 e. The molecule has 4 nitrogen and oxygen atoms in total. The van der Waals surface area contributed by atoms with E-state index in [1.165, 1.54) is 11.1 Å². The van der Waals surface area contributed by atoms with Crippen LogP contribution in [0.4, 0.5) is 5.69 Å². The number of benzene rings is 3. The fourth-order valence-corrected chi connectivity index (χ4v) is 4.61. The second-order valence-corrected chi connectivity index (χ2v) is 8.99. The standard InChI is InChI=1S/C29H35N3O/c1-30(28-15-9-4-10-16-28)29(33)23-27(26-13-7-3-8-14-26)17-18-31-19-21-32(22-20-31)24-25-11-5-2-6-12-25/h2-16,27H,17-24H2,1H3. The Labute approximate surface area is 198 Å². The molecule has 4 heteroatoms. The normalized spacial score (nSPS) is 15.8. The van der Waals surface area contributed by atoms with Crippen LogP contribution in [0.3, 0.4) is 0 Å². The van der Waals surface area contributed by atoms with E-state index in [1.54, 1.807) is 4.90 Å². The minimum Gasteiger partial charge on any atom is -0.315 e. The molecule has 0 bridgehead atoms. The molecule has 3 aromatic rings. The van der Waals surface area contributed by atoms with E-state index in [4.69, 9.17) is 0 Å². The topological polar surface area (TPSA) is 26.8 Å². The number of rotatable bonds is 9. The van der Waals surface area contributed by atoms with Gasteiger partial charge in [0.05, 0.1) is 0 Å². The smallest absolute Gasteiger partial charge is 0.227 e. The largest absolute Gasteiger partial charge is 0.315 e. The van der Waals surface area contributed by atoms with Crippen LogP contribution in [0.25, 0.3) is 0 Å². The Morgan fingerprint density at radius 2 is 1.33 bits per heavy atom. The maximum atomic E-state index is 13.1. The minimum atomic E-state index is 0.169. The molecule has 1 heterocycles. The number of carbonyl (C=O) groups excluding carboxylic acids is 1. The van der Waals surface area contributed by atoms with Crippen LogP contribution in [0.15, 0.2) is 91.0 Å². The molecule has 1 unspecified atom stereocenters. The van der Waals surface area contributed by atoms with Crippen molar-refractivity contribution in [3.8, 4) is 0 Å². The Balaban J connectivity index is 1.31. The van der Waals surface area contributed by atoms with Gasteiger partial charge in [-0.05, 0) is 42.1 Å². The Morgan fingerprint density at radius 3 is 1.97 bits per heavy atom. The Kier molecular flexibility index (Phi) is 8.29. The van der Waals surface area contributed by atoms with Gasteiger partial charge in [-0.25, -0.2) is 0 Å². The summed E-state index contributed by atoms with van der Waals surface area (Å²) in [6.07, 6.45) is 1.53. The molecule has 33 heavy (non-hydrogen) atoms. The van der Waals surface area contributed by atoms with Gasteiger partial charge < -0.3 is 9.80 Å². The summed E-state index contributed by atoms with van der Waals surface area (Å²) in [5, 5.41) is 0. The molecular formula is C29H35N3O. The summed E-state index contributed by atoms with van der Waals surface area (Å²) in [4.78, 5) is 20.0. The maximum absolute atomic E-state index is 13.1. The number of anilines is 1. The molecular weight excluding hydrogens is 406 g/mol. The van der Waals surface area contributed by atoms with E-state index >= 15 is 0 Å². The summed E-state index contributed by atoms with van der Waals surface area (Å²) < 4.78 is 0. The lowest BCUT2D eigenvalue weighted by Gasteiger charge is -2.35. The van der Waals surface area contributed by atoms with Gasteiger partial charge in [0.25, 0.3) is 0 Å². The van der Waals surface area contributed by atoms with Gasteiger partial charge in [0.2, 0.25) is 5.91 Å². The average Bonchev–Trinajstić information content (AvgIpc) is 2.88. The highest BCUT2D eigenvalue weighted by Gasteiger charge is 2.22. The first-order valence-electron chi connectivity index (χ1n) is 12.0. The third-order valence-corrected chi connectivity index (χ3v) is 6.72. The molecule has 1 amide bonds. The van der Waals surface area contributed by atoms with E-state index in [0.29, 0.717) is 6.42 Å². The lowest BCUT2D eigenvalue weighted by molar-refractivity contribution is -0.118. The van der Waals surface area contributed by atoms with Gasteiger partial charge in [-0.3, -0.25) is 9.69 Å². The van der Waals surface area contributed by atoms with Gasteiger partial charge in [0.15, 0.2) is 0 Å². The summed E-state index contributed by atoms with van der Waals surface area (Å²) in [6.45, 7) is 6.43. The van der Waals surface area contributed by atoms with Crippen molar-refractivity contribution >= 4 is 11.6 Å². The third-order valence-electron chi connectivity index (χ3n) is 6.72. The van der Waals surface area contributed by atoms with Crippen LogP contribution in [0, 0.1) is 0 Å². The predicted octanol–water partition coefficient (Wildman–Crippen LogP) is 5.03. The van der Waals surface area contributed by atoms with Gasteiger partial charge in [-0.1, -0.05) is 78.9 Å². The number of piperazine rings is 1. The highest BCUT2D eigenvalue weighted by Crippen LogP contribution is 2.26. The fraction of sp³-hybridized carbons (Fsp3) is 0.345. The average molecular weight is 442 g/mol. The van der Waals surface area contributed by atoms with Gasteiger partial charge in [0, 0.05) is 51.9 Å². The van der Waals surface area contributed by atoms with Crippen molar-refractivity contribution < 1.29 is 4.79 Å². The Morgan fingerprint density at radius 1 is 0.788 bits per heavy atom. The molecule has 1 aliphatic rings. The second-order valence-electron chi connectivity index (χ2n) is 8.99. The van der Waals surface area contributed by atoms with Crippen LogP contribution in [-0.2, 0) is 11.3 Å². The van der Waals surface area contributed by atoms with Gasteiger partial charge >= 0.3 is 0 Å². The molecule has 0 N–H and O–H groups in total. The van der Waals surface area contributed by atoms with Crippen molar-refractivity contribution in [2.24, 2.45) is 0 Å². The molecule has 0 saturated carbocycles. The summed E-state index contributed by atoms with van der Waals surface area (Å²) >= 11 is 0. The predicted molar refractivity (Wildman–Crippen MR) is 136 cm³/mol. The van der Waals surface area contributed by atoms with E-state index in [1.807, 2.05) is 43.4 Å². The van der Waals surface area contributed by atoms with E-state index in [-0.39, 0.29) is 11.8 Å². The van der Waals surface area contributed by atoms with Crippen LogP contribution in [0.2, 0.25) is 0 Å². The first-order chi connectivity index (χ1) is 16.2. The van der Waals surface area contributed by atoms with Crippen LogP contribution in [0.5, 0.6) is 0 Å². The summed E-state index contributed by atoms with van der Waals surface area (Å²) in [7, 11) is 1.88. The number of hydrogen-bond donors (Lipinski definition) is 0. The molecule has 0 radical (unpaired) electrons. The Bertz CT molecular complexity index is 970. The van der Waals surface area contributed by atoms with E-state index in [0.717, 1.165) is 51.4 Å². The van der Waals surface area contributed by atoms with Crippen molar-refractivity contribution in [3.05, 3.63) is 102 Å². The molecule has 1 saturated heterocycles. The van der Waals surface area contributed by atoms with E-state index in [2.05, 4.69) is 64.4 Å². The Hall–Kier alpha value is -2.95. The van der Waals surface area contributed by atoms with Crippen LogP contribution in [0.1, 0.15) is 29.9 Å². The quantitative estimate of drug-likeness (QED) is 0.466. The molecule has 0 aromatic heterocycles. The van der Waals surface area contributed by atoms with Crippen molar-refractivity contribution in [1.82, 2.24) is 9.80 Å². The summed E-state index contributed by atoms with van der Waals surface area (Å²) in [5.74, 6) is 0.398. The highest BCUT2D eigenvalue weighted by atomic mass is 16.2. The van der Waals surface area contributed by atoms with Crippen LogP contribution < -0.4 is 4.90 Å². The third kappa shape index (κ3) is 6.77. The number of nitrogens with zero attached hydrogens (tertiary/aromatic N) is 3. The zero-order valence-electron chi connectivity index (χ0n) is 19.6. The number of carbonyl (C=O) groups is 1. The van der Waals surface area contributed by atoms with Crippen molar-refractivity contribution in [2.45, 2.75) is 25.3 Å². The molecule has 1 aliphatic heterocycles. The molecule has 0 aliphatic carbocycles. The molecule has 1 atom stereocenters. The molecule has 1 fully saturated rings. The summed E-state index contributed by atoms with van der Waals surface area (Å²) in [6, 6.07) is 31.2. The summed E-state index contributed by atoms with van der Waals surface area (Å²) in [5.41, 5.74) is 3.59. The fourth-order valence-electron chi connectivity index (χ4n) is 4.61. The monoisotopic (exact) mass is 441 g/mol. The van der Waals surface area contributed by atoms with Gasteiger partial charge in [-0.2, -0.15) is 0 Å². The van der Waals surface area contributed by atoms with Crippen molar-refractivity contribution in [3.63, 3.8) is 0 Å². The SMILES string of the molecule is CN(C(=O)CC(CCN1CCN(Cc2ccccc2)CC1)c1ccccc1)c1ccccc1. The first-order valence-corrected chi connectivity index (χ1v) is 12.0. The minimum absolute atomic E-state index is 0.169. The van der Waals surface area contributed by atoms with E-state index in [9.17, 15) is 4.79 Å². The molecule has 3 aromatic carbocycles. The molecule has 172 valence electrons. The number of para-hydroxylation sites is 1. The lowest BCUT2D eigenvalue weighted by atomic mass is 9.91. The van der Waals surface area contributed by atoms with E-state index < -0.39 is 0 Å². The molecule has 0 spiro atoms. The van der Waals surface area contributed by atoms with Crippen LogP contribution >= 0.6 is 0 Å². The van der Waals surface area contributed by atoms with Gasteiger partial charge in [0.1, 0.15) is 0 Å². The molecule has 4 rings (SSSR count). The lowest BCUT2D eigenvalue weighted by Crippen LogP contribution is -2.46. The number of hydrogen-bond acceptors (Lipinski definition) is 3. The number of amides is 1. The highest BCUT2D eigenvalue weighted by molar-refractivity contribution is 5.93. The second kappa shape index (κ2) is 11.8. The van der Waals surface area contributed by atoms with Crippen molar-refractivity contribution in [2.75, 3.05) is 44.7 Å². The van der Waals surface area contributed by atoms with Crippen LogP contribution in [-0.4, -0.2) is 55.5 Å². The zero-order chi connectivity index (χ0) is 22.9. The zero-order valence-corrected chi connectivity index (χ0v) is 19.6.